The van der Waals surface area contributed by atoms with Crippen LogP contribution in [0.15, 0.2) is 24.3 Å². The fourth-order valence-electron chi connectivity index (χ4n) is 3.16. The molecule has 182 valence electrons. The lowest BCUT2D eigenvalue weighted by Gasteiger charge is -2.32. The fourth-order valence-corrected chi connectivity index (χ4v) is 3.16. The van der Waals surface area contributed by atoms with Crippen LogP contribution in [0, 0.1) is 18.4 Å². The third kappa shape index (κ3) is 8.68. The molecular formula is C25H37N3O5. The van der Waals surface area contributed by atoms with Gasteiger partial charge in [0.1, 0.15) is 17.4 Å². The molecular weight excluding hydrogens is 422 g/mol. The van der Waals surface area contributed by atoms with Crippen LogP contribution in [0.4, 0.5) is 4.79 Å². The summed E-state index contributed by atoms with van der Waals surface area (Å²) in [7, 11) is 0. The molecule has 2 unspecified atom stereocenters. The predicted octanol–water partition coefficient (Wildman–Crippen LogP) is 3.71. The zero-order valence-electron chi connectivity index (χ0n) is 20.5. The van der Waals surface area contributed by atoms with E-state index in [1.54, 1.807) is 46.8 Å². The molecule has 2 atom stereocenters. The van der Waals surface area contributed by atoms with Gasteiger partial charge in [0.2, 0.25) is 5.91 Å². The van der Waals surface area contributed by atoms with E-state index in [-0.39, 0.29) is 17.2 Å². The smallest absolute Gasteiger partial charge is 0.408 e. The van der Waals surface area contributed by atoms with Gasteiger partial charge in [0.15, 0.2) is 6.04 Å². The normalized spacial score (nSPS) is 12.9. The molecule has 0 saturated heterocycles. The van der Waals surface area contributed by atoms with Crippen LogP contribution >= 0.6 is 0 Å². The molecule has 0 heterocycles. The van der Waals surface area contributed by atoms with Crippen molar-refractivity contribution in [3.63, 3.8) is 0 Å². The monoisotopic (exact) mass is 459 g/mol. The Balaban J connectivity index is 3.28. The molecule has 3 amide bonds. The van der Waals surface area contributed by atoms with E-state index in [9.17, 15) is 19.5 Å². The molecule has 0 bridgehead atoms. The Kier molecular flexibility index (Phi) is 10.7. The van der Waals surface area contributed by atoms with Gasteiger partial charge in [-0.05, 0) is 39.2 Å². The van der Waals surface area contributed by atoms with Gasteiger partial charge < -0.3 is 20.5 Å². The zero-order chi connectivity index (χ0) is 25.2. The number of phenols is 1. The second kappa shape index (κ2) is 12.7. The average Bonchev–Trinajstić information content (AvgIpc) is 2.72. The third-order valence-electron chi connectivity index (χ3n) is 4.80. The van der Waals surface area contributed by atoms with Crippen LogP contribution in [0.5, 0.6) is 5.75 Å². The molecule has 0 aliphatic rings. The number of hydrogen-bond acceptors (Lipinski definition) is 5. The zero-order valence-corrected chi connectivity index (χ0v) is 20.5. The lowest BCUT2D eigenvalue weighted by Crippen LogP contribution is -2.53. The molecule has 8 heteroatoms. The van der Waals surface area contributed by atoms with E-state index in [1.807, 2.05) is 0 Å². The highest BCUT2D eigenvalue weighted by molar-refractivity contribution is 5.93. The van der Waals surface area contributed by atoms with Crippen molar-refractivity contribution < 1.29 is 24.2 Å². The Morgan fingerprint density at radius 2 is 1.82 bits per heavy atom. The summed E-state index contributed by atoms with van der Waals surface area (Å²) in [6.07, 6.45) is 7.62. The summed E-state index contributed by atoms with van der Waals surface area (Å²) in [5.41, 5.74) is -0.562. The third-order valence-corrected chi connectivity index (χ3v) is 4.80. The highest BCUT2D eigenvalue weighted by Crippen LogP contribution is 2.29. The summed E-state index contributed by atoms with van der Waals surface area (Å²) < 4.78 is 5.28. The Hall–Kier alpha value is -3.21. The topological polar surface area (TPSA) is 108 Å². The molecule has 3 N–H and O–H groups in total. The van der Waals surface area contributed by atoms with Crippen LogP contribution in [0.1, 0.15) is 72.4 Å². The Morgan fingerprint density at radius 1 is 1.18 bits per heavy atom. The maximum atomic E-state index is 13.5. The average molecular weight is 460 g/mol. The maximum Gasteiger partial charge on any atom is 0.408 e. The maximum absolute atomic E-state index is 13.5. The largest absolute Gasteiger partial charge is 0.508 e. The van der Waals surface area contributed by atoms with Crippen molar-refractivity contribution >= 4 is 17.9 Å². The summed E-state index contributed by atoms with van der Waals surface area (Å²) in [4.78, 5) is 39.9. The number of hydrogen-bond donors (Lipinski definition) is 3. The number of alkyl carbamates (subject to hydrolysis) is 1. The van der Waals surface area contributed by atoms with Crippen LogP contribution in [0.25, 0.3) is 0 Å². The van der Waals surface area contributed by atoms with Gasteiger partial charge in [-0.25, -0.2) is 4.79 Å². The van der Waals surface area contributed by atoms with Crippen LogP contribution < -0.4 is 10.6 Å². The number of carbonyl (C=O) groups is 3. The standard InChI is InChI=1S/C25H37N3O5/c1-8-10-13-16-26-22(30)21(18-14-11-12-15-19(18)29)28(9-2)23(31)20(17(3)4)27-24(32)33-25(5,6)7/h2,11-12,14-15,17,20-21,29H,8,10,13,16H2,1,3-7H3,(H,26,30)(H,27,32). The van der Waals surface area contributed by atoms with Crippen molar-refractivity contribution in [1.82, 2.24) is 15.5 Å². The number of nitrogens with zero attached hydrogens (tertiary/aromatic N) is 1. The first-order valence-corrected chi connectivity index (χ1v) is 11.3. The number of unbranched alkanes of at least 4 members (excludes halogenated alkanes) is 2. The van der Waals surface area contributed by atoms with Gasteiger partial charge in [0, 0.05) is 18.2 Å². The van der Waals surface area contributed by atoms with E-state index >= 15 is 0 Å². The molecule has 0 aliphatic heterocycles. The van der Waals surface area contributed by atoms with Crippen molar-refractivity contribution in [1.29, 1.82) is 0 Å². The van der Waals surface area contributed by atoms with Crippen molar-refractivity contribution in [3.05, 3.63) is 29.8 Å². The Labute approximate surface area is 197 Å². The first-order valence-electron chi connectivity index (χ1n) is 11.3. The number of ether oxygens (including phenoxy) is 1. The number of benzene rings is 1. The number of terminal acetylenes is 1. The number of amides is 3. The van der Waals surface area contributed by atoms with Crippen LogP contribution in [-0.4, -0.2) is 46.1 Å². The van der Waals surface area contributed by atoms with E-state index in [2.05, 4.69) is 23.6 Å². The SMILES string of the molecule is C#CN(C(=O)C(NC(=O)OC(C)(C)C)C(C)C)C(C(=O)NCCCCC)c1ccccc1O. The molecule has 0 aliphatic carbocycles. The second-order valence-electron chi connectivity index (χ2n) is 9.16. The number of para-hydroxylation sites is 1. The first kappa shape index (κ1) is 27.8. The summed E-state index contributed by atoms with van der Waals surface area (Å²) in [5, 5.41) is 15.8. The van der Waals surface area contributed by atoms with Gasteiger partial charge in [0.25, 0.3) is 5.91 Å². The van der Waals surface area contributed by atoms with Crippen molar-refractivity contribution in [2.75, 3.05) is 6.54 Å². The fraction of sp³-hybridized carbons (Fsp3) is 0.560. The van der Waals surface area contributed by atoms with Crippen molar-refractivity contribution in [3.8, 4) is 18.2 Å². The molecule has 1 rings (SSSR count). The van der Waals surface area contributed by atoms with Crippen molar-refractivity contribution in [2.45, 2.75) is 78.5 Å². The van der Waals surface area contributed by atoms with Gasteiger partial charge in [-0.3, -0.25) is 14.5 Å². The van der Waals surface area contributed by atoms with Gasteiger partial charge in [-0.2, -0.15) is 0 Å². The predicted molar refractivity (Wildman–Crippen MR) is 127 cm³/mol. The van der Waals surface area contributed by atoms with Gasteiger partial charge in [-0.15, -0.1) is 0 Å². The molecule has 0 aromatic heterocycles. The molecule has 1 aromatic rings. The quantitative estimate of drug-likeness (QED) is 0.281. The van der Waals surface area contributed by atoms with Gasteiger partial charge in [0.05, 0.1) is 0 Å². The van der Waals surface area contributed by atoms with Crippen LogP contribution in [-0.2, 0) is 14.3 Å². The van der Waals surface area contributed by atoms with Gasteiger partial charge in [-0.1, -0.05) is 58.2 Å². The van der Waals surface area contributed by atoms with Crippen LogP contribution in [0.2, 0.25) is 0 Å². The lowest BCUT2D eigenvalue weighted by atomic mass is 9.99. The number of nitrogens with one attached hydrogen (secondary N) is 2. The van der Waals surface area contributed by atoms with E-state index in [0.29, 0.717) is 6.54 Å². The Morgan fingerprint density at radius 3 is 2.33 bits per heavy atom. The summed E-state index contributed by atoms with van der Waals surface area (Å²) in [6, 6.07) is 6.18. The van der Waals surface area contributed by atoms with Crippen molar-refractivity contribution in [2.24, 2.45) is 5.92 Å². The molecule has 0 spiro atoms. The van der Waals surface area contributed by atoms with E-state index in [4.69, 9.17) is 11.2 Å². The summed E-state index contributed by atoms with van der Waals surface area (Å²) in [5.74, 6) is -1.69. The minimum atomic E-state index is -1.27. The molecule has 0 radical (unpaired) electrons. The lowest BCUT2D eigenvalue weighted by molar-refractivity contribution is -0.139. The number of aromatic hydroxyl groups is 1. The highest BCUT2D eigenvalue weighted by atomic mass is 16.6. The van der Waals surface area contributed by atoms with E-state index in [1.165, 1.54) is 12.1 Å². The minimum Gasteiger partial charge on any atom is -0.508 e. The number of phenolic OH excluding ortho intramolecular Hbond substituents is 1. The highest BCUT2D eigenvalue weighted by Gasteiger charge is 2.38. The summed E-state index contributed by atoms with van der Waals surface area (Å²) >= 11 is 0. The summed E-state index contributed by atoms with van der Waals surface area (Å²) in [6.45, 7) is 11.1. The molecule has 0 saturated carbocycles. The van der Waals surface area contributed by atoms with E-state index < -0.39 is 35.6 Å². The van der Waals surface area contributed by atoms with E-state index in [0.717, 1.165) is 24.2 Å². The number of carbonyl (C=O) groups excluding carboxylic acids is 3. The molecule has 0 fully saturated rings. The minimum absolute atomic E-state index is 0.166. The first-order chi connectivity index (χ1) is 15.4. The molecule has 8 nitrogen and oxygen atoms in total. The van der Waals surface area contributed by atoms with Crippen LogP contribution in [0.3, 0.4) is 0 Å². The van der Waals surface area contributed by atoms with Gasteiger partial charge >= 0.3 is 6.09 Å². The molecule has 33 heavy (non-hydrogen) atoms. The Bertz CT molecular complexity index is 854. The molecule has 1 aromatic carbocycles. The number of rotatable bonds is 10. The second-order valence-corrected chi connectivity index (χ2v) is 9.16.